The quantitative estimate of drug-likeness (QED) is 0.262. The van der Waals surface area contributed by atoms with Gasteiger partial charge in [0.15, 0.2) is 0 Å². The van der Waals surface area contributed by atoms with Crippen LogP contribution in [0.15, 0.2) is 53.4 Å². The van der Waals surface area contributed by atoms with E-state index in [4.69, 9.17) is 13.7 Å². The molecule has 2 rings (SSSR count). The Hall–Kier alpha value is -1.93. The smallest absolute Gasteiger partial charge is 0.297 e. The lowest BCUT2D eigenvalue weighted by Gasteiger charge is -2.31. The minimum atomic E-state index is -3.76. The zero-order chi connectivity index (χ0) is 24.3. The highest BCUT2D eigenvalue weighted by molar-refractivity contribution is 7.86. The Kier molecular flexibility index (Phi) is 10.8. The highest BCUT2D eigenvalue weighted by Gasteiger charge is 2.23. The predicted molar refractivity (Wildman–Crippen MR) is 133 cm³/mol. The first-order chi connectivity index (χ1) is 15.7. The summed E-state index contributed by atoms with van der Waals surface area (Å²) in [5.74, 6) is 0. The van der Waals surface area contributed by atoms with Crippen molar-refractivity contribution >= 4 is 15.8 Å². The molecule has 33 heavy (non-hydrogen) atoms. The first-order valence-electron chi connectivity index (χ1n) is 11.7. The summed E-state index contributed by atoms with van der Waals surface area (Å²) in [6.45, 7) is 13.4. The molecular weight excluding hydrogens is 438 g/mol. The molecule has 2 aromatic carbocycles. The molecule has 0 saturated heterocycles. The Labute approximate surface area is 200 Å². The molecule has 0 aliphatic carbocycles. The number of rotatable bonds is 15. The fourth-order valence-electron chi connectivity index (χ4n) is 3.41. The SMILES string of the molecule is CCN(CCOC(C)(CC)CCOCCOS(=O)(=O)c1ccc(C)cc1)c1cccc(C)c1. The number of nitrogens with zero attached hydrogens (tertiary/aromatic N) is 1. The summed E-state index contributed by atoms with van der Waals surface area (Å²) < 4.78 is 41.4. The van der Waals surface area contributed by atoms with E-state index in [1.807, 2.05) is 6.92 Å². The maximum atomic E-state index is 12.2. The average molecular weight is 478 g/mol. The van der Waals surface area contributed by atoms with Crippen molar-refractivity contribution in [3.8, 4) is 0 Å². The zero-order valence-electron chi connectivity index (χ0n) is 20.7. The second-order valence-electron chi connectivity index (χ2n) is 8.52. The van der Waals surface area contributed by atoms with Crippen molar-refractivity contribution in [2.75, 3.05) is 44.4 Å². The van der Waals surface area contributed by atoms with E-state index in [0.29, 0.717) is 13.2 Å². The van der Waals surface area contributed by atoms with Gasteiger partial charge in [0.1, 0.15) is 0 Å². The fraction of sp³-hybridized carbons (Fsp3) is 0.538. The Bertz CT molecular complexity index is 945. The van der Waals surface area contributed by atoms with Gasteiger partial charge in [-0.25, -0.2) is 0 Å². The van der Waals surface area contributed by atoms with Crippen LogP contribution in [0, 0.1) is 13.8 Å². The zero-order valence-corrected chi connectivity index (χ0v) is 21.5. The number of benzene rings is 2. The molecule has 0 bridgehead atoms. The monoisotopic (exact) mass is 477 g/mol. The van der Waals surface area contributed by atoms with E-state index >= 15 is 0 Å². The molecule has 0 spiro atoms. The molecule has 1 unspecified atom stereocenters. The normalized spacial score (nSPS) is 13.6. The summed E-state index contributed by atoms with van der Waals surface area (Å²) in [4.78, 5) is 2.47. The number of anilines is 1. The maximum absolute atomic E-state index is 12.2. The van der Waals surface area contributed by atoms with E-state index < -0.39 is 10.1 Å². The van der Waals surface area contributed by atoms with Gasteiger partial charge >= 0.3 is 0 Å². The van der Waals surface area contributed by atoms with Crippen LogP contribution in [0.25, 0.3) is 0 Å². The van der Waals surface area contributed by atoms with Crippen LogP contribution in [0.2, 0.25) is 0 Å². The number of likely N-dealkylation sites (N-methyl/N-ethyl adjacent to an activating group) is 1. The summed E-state index contributed by atoms with van der Waals surface area (Å²) in [5, 5.41) is 0. The number of ether oxygens (including phenoxy) is 2. The second-order valence-corrected chi connectivity index (χ2v) is 10.1. The van der Waals surface area contributed by atoms with Gasteiger partial charge in [0.05, 0.1) is 30.3 Å². The van der Waals surface area contributed by atoms with Crippen LogP contribution in [-0.2, 0) is 23.8 Å². The van der Waals surface area contributed by atoms with E-state index in [1.165, 1.54) is 11.3 Å². The summed E-state index contributed by atoms with van der Waals surface area (Å²) in [6.07, 6.45) is 1.59. The highest BCUT2D eigenvalue weighted by Crippen LogP contribution is 2.21. The molecule has 0 aliphatic heterocycles. The fourth-order valence-corrected chi connectivity index (χ4v) is 4.31. The summed E-state index contributed by atoms with van der Waals surface area (Å²) in [6, 6.07) is 15.1. The molecular formula is C26H39NO5S. The predicted octanol–water partition coefficient (Wildman–Crippen LogP) is 5.13. The minimum Gasteiger partial charge on any atom is -0.379 e. The van der Waals surface area contributed by atoms with Gasteiger partial charge in [0.25, 0.3) is 10.1 Å². The molecule has 184 valence electrons. The largest absolute Gasteiger partial charge is 0.379 e. The van der Waals surface area contributed by atoms with Gasteiger partial charge < -0.3 is 14.4 Å². The maximum Gasteiger partial charge on any atom is 0.297 e. The van der Waals surface area contributed by atoms with Crippen LogP contribution in [0.5, 0.6) is 0 Å². The molecule has 0 amide bonds. The third-order valence-corrected chi connectivity index (χ3v) is 7.19. The van der Waals surface area contributed by atoms with Crippen molar-refractivity contribution < 1.29 is 22.1 Å². The molecule has 0 radical (unpaired) electrons. The first-order valence-corrected chi connectivity index (χ1v) is 13.1. The van der Waals surface area contributed by atoms with Crippen molar-refractivity contribution in [2.45, 2.75) is 58.0 Å². The van der Waals surface area contributed by atoms with Gasteiger partial charge in [-0.2, -0.15) is 8.42 Å². The van der Waals surface area contributed by atoms with Crippen LogP contribution < -0.4 is 4.90 Å². The third-order valence-electron chi connectivity index (χ3n) is 5.86. The summed E-state index contributed by atoms with van der Waals surface area (Å²) in [5.41, 5.74) is 3.17. The Balaban J connectivity index is 1.70. The lowest BCUT2D eigenvalue weighted by atomic mass is 9.99. The molecule has 0 aliphatic rings. The van der Waals surface area contributed by atoms with E-state index in [9.17, 15) is 8.42 Å². The number of aryl methyl sites for hydroxylation is 2. The highest BCUT2D eigenvalue weighted by atomic mass is 32.2. The van der Waals surface area contributed by atoms with Crippen molar-refractivity contribution in [1.82, 2.24) is 0 Å². The van der Waals surface area contributed by atoms with Crippen LogP contribution in [-0.4, -0.2) is 53.5 Å². The topological polar surface area (TPSA) is 65.1 Å². The summed E-state index contributed by atoms with van der Waals surface area (Å²) in [7, 11) is -3.76. The molecule has 6 nitrogen and oxygen atoms in total. The first kappa shape index (κ1) is 27.3. The van der Waals surface area contributed by atoms with E-state index in [0.717, 1.165) is 31.5 Å². The van der Waals surface area contributed by atoms with Crippen molar-refractivity contribution in [1.29, 1.82) is 0 Å². The van der Waals surface area contributed by atoms with Gasteiger partial charge in [-0.15, -0.1) is 0 Å². The van der Waals surface area contributed by atoms with Crippen molar-refractivity contribution in [3.63, 3.8) is 0 Å². The summed E-state index contributed by atoms with van der Waals surface area (Å²) >= 11 is 0. The molecule has 7 heteroatoms. The van der Waals surface area contributed by atoms with Gasteiger partial charge in [0, 0.05) is 25.4 Å². The molecule has 0 saturated carbocycles. The lowest BCUT2D eigenvalue weighted by molar-refractivity contribution is -0.0542. The average Bonchev–Trinajstić information content (AvgIpc) is 2.79. The Morgan fingerprint density at radius 2 is 1.64 bits per heavy atom. The number of hydrogen-bond donors (Lipinski definition) is 0. The standard InChI is InChI=1S/C26H39NO5S/c1-6-26(5,31-18-16-27(7-2)24-10-8-9-23(4)21-24)15-17-30-19-20-32-33(28,29)25-13-11-22(3)12-14-25/h8-14,21H,6-7,15-20H2,1-5H3. The van der Waals surface area contributed by atoms with E-state index in [1.54, 1.807) is 24.3 Å². The second kappa shape index (κ2) is 13.1. The van der Waals surface area contributed by atoms with Gasteiger partial charge in [-0.1, -0.05) is 36.8 Å². The van der Waals surface area contributed by atoms with Crippen LogP contribution >= 0.6 is 0 Å². The van der Waals surface area contributed by atoms with Gasteiger partial charge in [0.2, 0.25) is 0 Å². The van der Waals surface area contributed by atoms with E-state index in [2.05, 4.69) is 56.9 Å². The van der Waals surface area contributed by atoms with Crippen molar-refractivity contribution in [2.24, 2.45) is 0 Å². The van der Waals surface area contributed by atoms with E-state index in [-0.39, 0.29) is 23.7 Å². The van der Waals surface area contributed by atoms with Crippen LogP contribution in [0.1, 0.15) is 44.7 Å². The third kappa shape index (κ3) is 9.08. The molecule has 2 aromatic rings. The lowest BCUT2D eigenvalue weighted by Crippen LogP contribution is -2.35. The molecule has 0 fully saturated rings. The van der Waals surface area contributed by atoms with Crippen LogP contribution in [0.3, 0.4) is 0 Å². The van der Waals surface area contributed by atoms with Gasteiger partial charge in [-0.3, -0.25) is 4.18 Å². The Morgan fingerprint density at radius 1 is 0.909 bits per heavy atom. The molecule has 0 heterocycles. The van der Waals surface area contributed by atoms with Crippen LogP contribution in [0.4, 0.5) is 5.69 Å². The minimum absolute atomic E-state index is 0.0120. The molecule has 0 aromatic heterocycles. The Morgan fingerprint density at radius 3 is 2.27 bits per heavy atom. The van der Waals surface area contributed by atoms with Crippen molar-refractivity contribution in [3.05, 3.63) is 59.7 Å². The molecule has 1 atom stereocenters. The number of hydrogen-bond acceptors (Lipinski definition) is 6. The van der Waals surface area contributed by atoms with Gasteiger partial charge in [-0.05, 0) is 70.4 Å². The molecule has 0 N–H and O–H groups in total.